The summed E-state index contributed by atoms with van der Waals surface area (Å²) in [5, 5.41) is 2.93. The molecule has 1 aromatic carbocycles. The van der Waals surface area contributed by atoms with Gasteiger partial charge >= 0.3 is 0 Å². The second-order valence-corrected chi connectivity index (χ2v) is 8.27. The fraction of sp³-hybridized carbons (Fsp3) is 0.474. The van der Waals surface area contributed by atoms with Gasteiger partial charge in [0.2, 0.25) is 0 Å². The fourth-order valence-electron chi connectivity index (χ4n) is 3.16. The zero-order chi connectivity index (χ0) is 16.8. The molecular weight excluding hydrogens is 304 g/mol. The summed E-state index contributed by atoms with van der Waals surface area (Å²) in [4.78, 5) is 19.5. The molecule has 0 spiro atoms. The smallest absolute Gasteiger partial charge is 0.274 e. The molecule has 0 radical (unpaired) electrons. The van der Waals surface area contributed by atoms with Gasteiger partial charge in [0, 0.05) is 23.4 Å². The Labute approximate surface area is 142 Å². The van der Waals surface area contributed by atoms with Gasteiger partial charge < -0.3 is 4.90 Å². The van der Waals surface area contributed by atoms with Crippen LogP contribution in [0, 0.1) is 6.92 Å². The van der Waals surface area contributed by atoms with E-state index < -0.39 is 0 Å². The highest BCUT2D eigenvalue weighted by molar-refractivity contribution is 7.09. The van der Waals surface area contributed by atoms with E-state index in [1.54, 1.807) is 11.3 Å². The molecule has 23 heavy (non-hydrogen) atoms. The summed E-state index contributed by atoms with van der Waals surface area (Å²) >= 11 is 1.58. The molecule has 3 nitrogen and oxygen atoms in total. The Morgan fingerprint density at radius 2 is 2.04 bits per heavy atom. The zero-order valence-electron chi connectivity index (χ0n) is 14.5. The molecule has 0 saturated carbocycles. The average Bonchev–Trinajstić information content (AvgIpc) is 2.96. The minimum absolute atomic E-state index is 0.0466. The number of hydrogen-bond donors (Lipinski definition) is 0. The molecule has 0 atom stereocenters. The number of aryl methyl sites for hydroxylation is 1. The van der Waals surface area contributed by atoms with E-state index in [0.29, 0.717) is 18.2 Å². The molecule has 1 aliphatic heterocycles. The molecule has 1 amide bonds. The summed E-state index contributed by atoms with van der Waals surface area (Å²) in [6.45, 7) is 11.3. The van der Waals surface area contributed by atoms with E-state index in [2.05, 4.69) is 57.8 Å². The number of rotatable bonds is 2. The first kappa shape index (κ1) is 16.2. The van der Waals surface area contributed by atoms with Crippen molar-refractivity contribution in [2.24, 2.45) is 0 Å². The van der Waals surface area contributed by atoms with Gasteiger partial charge in [-0.2, -0.15) is 0 Å². The number of hydrogen-bond acceptors (Lipinski definition) is 3. The molecule has 0 aliphatic carbocycles. The SMILES string of the molecule is Cc1ccc2c(c1)CN(C(=O)c1csc(C(C)C)n1)C(C)(C)C2. The van der Waals surface area contributed by atoms with Crippen LogP contribution in [0.5, 0.6) is 0 Å². The van der Waals surface area contributed by atoms with Crippen molar-refractivity contribution in [2.45, 2.75) is 59.0 Å². The van der Waals surface area contributed by atoms with E-state index in [1.807, 2.05) is 10.3 Å². The molecule has 0 N–H and O–H groups in total. The van der Waals surface area contributed by atoms with Crippen molar-refractivity contribution in [1.82, 2.24) is 9.88 Å². The molecule has 4 heteroatoms. The van der Waals surface area contributed by atoms with Crippen molar-refractivity contribution in [3.63, 3.8) is 0 Å². The van der Waals surface area contributed by atoms with Crippen molar-refractivity contribution in [1.29, 1.82) is 0 Å². The van der Waals surface area contributed by atoms with Crippen LogP contribution in [-0.2, 0) is 13.0 Å². The maximum absolute atomic E-state index is 13.0. The lowest BCUT2D eigenvalue weighted by molar-refractivity contribution is 0.0483. The van der Waals surface area contributed by atoms with Crippen molar-refractivity contribution < 1.29 is 4.79 Å². The minimum Gasteiger partial charge on any atom is -0.327 e. The summed E-state index contributed by atoms with van der Waals surface area (Å²) in [7, 11) is 0. The molecule has 1 aromatic heterocycles. The first-order valence-electron chi connectivity index (χ1n) is 8.14. The van der Waals surface area contributed by atoms with Crippen LogP contribution in [0.1, 0.15) is 65.8 Å². The van der Waals surface area contributed by atoms with Crippen molar-refractivity contribution in [3.05, 3.63) is 51.0 Å². The first-order chi connectivity index (χ1) is 10.8. The van der Waals surface area contributed by atoms with Crippen molar-refractivity contribution in [2.75, 3.05) is 0 Å². The van der Waals surface area contributed by atoms with Gasteiger partial charge in [0.15, 0.2) is 0 Å². The third-order valence-corrected chi connectivity index (χ3v) is 5.67. The van der Waals surface area contributed by atoms with Gasteiger partial charge in [0.1, 0.15) is 5.69 Å². The third kappa shape index (κ3) is 3.05. The Kier molecular flexibility index (Phi) is 4.05. The van der Waals surface area contributed by atoms with Crippen LogP contribution in [0.3, 0.4) is 0 Å². The Bertz CT molecular complexity index is 746. The number of amides is 1. The largest absolute Gasteiger partial charge is 0.327 e. The summed E-state index contributed by atoms with van der Waals surface area (Å²) in [6.07, 6.45) is 0.884. The van der Waals surface area contributed by atoms with E-state index >= 15 is 0 Å². The quantitative estimate of drug-likeness (QED) is 0.810. The highest BCUT2D eigenvalue weighted by Gasteiger charge is 2.37. The van der Waals surface area contributed by atoms with E-state index in [9.17, 15) is 4.79 Å². The predicted molar refractivity (Wildman–Crippen MR) is 95.0 cm³/mol. The monoisotopic (exact) mass is 328 g/mol. The number of carbonyl (C=O) groups is 1. The molecule has 2 heterocycles. The Balaban J connectivity index is 1.93. The van der Waals surface area contributed by atoms with Crippen molar-refractivity contribution in [3.8, 4) is 0 Å². The Hall–Kier alpha value is -1.68. The molecule has 1 aliphatic rings. The fourth-order valence-corrected chi connectivity index (χ4v) is 3.97. The summed E-state index contributed by atoms with van der Waals surface area (Å²) in [5.41, 5.74) is 4.25. The van der Waals surface area contributed by atoms with Crippen LogP contribution in [0.25, 0.3) is 0 Å². The van der Waals surface area contributed by atoms with Gasteiger partial charge in [-0.25, -0.2) is 4.98 Å². The highest BCUT2D eigenvalue weighted by atomic mass is 32.1. The average molecular weight is 328 g/mol. The maximum Gasteiger partial charge on any atom is 0.274 e. The Morgan fingerprint density at radius 1 is 1.30 bits per heavy atom. The van der Waals surface area contributed by atoms with E-state index in [0.717, 1.165) is 11.4 Å². The lowest BCUT2D eigenvalue weighted by Crippen LogP contribution is -2.51. The van der Waals surface area contributed by atoms with E-state index in [1.165, 1.54) is 16.7 Å². The van der Waals surface area contributed by atoms with Crippen LogP contribution < -0.4 is 0 Å². The molecule has 122 valence electrons. The van der Waals surface area contributed by atoms with Crippen LogP contribution >= 0.6 is 11.3 Å². The highest BCUT2D eigenvalue weighted by Crippen LogP contribution is 2.33. The first-order valence-corrected chi connectivity index (χ1v) is 9.02. The molecule has 0 saturated heterocycles. The molecule has 0 bridgehead atoms. The number of thiazole rings is 1. The normalized spacial score (nSPS) is 16.5. The summed E-state index contributed by atoms with van der Waals surface area (Å²) in [6, 6.07) is 6.56. The topological polar surface area (TPSA) is 33.2 Å². The number of nitrogens with zero attached hydrogens (tertiary/aromatic N) is 2. The van der Waals surface area contributed by atoms with Crippen LogP contribution in [0.4, 0.5) is 0 Å². The summed E-state index contributed by atoms with van der Waals surface area (Å²) in [5.74, 6) is 0.407. The van der Waals surface area contributed by atoms with Gasteiger partial charge in [0.25, 0.3) is 5.91 Å². The van der Waals surface area contributed by atoms with Gasteiger partial charge in [-0.1, -0.05) is 37.6 Å². The van der Waals surface area contributed by atoms with E-state index in [-0.39, 0.29) is 11.4 Å². The second kappa shape index (κ2) is 5.75. The molecule has 2 aromatic rings. The Morgan fingerprint density at radius 3 is 2.70 bits per heavy atom. The lowest BCUT2D eigenvalue weighted by Gasteiger charge is -2.43. The van der Waals surface area contributed by atoms with Crippen LogP contribution in [-0.4, -0.2) is 21.3 Å². The number of benzene rings is 1. The zero-order valence-corrected chi connectivity index (χ0v) is 15.3. The van der Waals surface area contributed by atoms with Gasteiger partial charge in [0.05, 0.1) is 5.01 Å². The second-order valence-electron chi connectivity index (χ2n) is 7.38. The van der Waals surface area contributed by atoms with Gasteiger partial charge in [-0.05, 0) is 38.3 Å². The molecule has 0 fully saturated rings. The van der Waals surface area contributed by atoms with Crippen molar-refractivity contribution >= 4 is 17.2 Å². The summed E-state index contributed by atoms with van der Waals surface area (Å²) < 4.78 is 0. The minimum atomic E-state index is -0.193. The lowest BCUT2D eigenvalue weighted by atomic mass is 9.84. The molecular formula is C19H24N2OS. The third-order valence-electron chi connectivity index (χ3n) is 4.52. The number of carbonyl (C=O) groups excluding carboxylic acids is 1. The molecule has 3 rings (SSSR count). The molecule has 0 unspecified atom stereocenters. The maximum atomic E-state index is 13.0. The van der Waals surface area contributed by atoms with Crippen LogP contribution in [0.15, 0.2) is 23.6 Å². The predicted octanol–water partition coefficient (Wildman–Crippen LogP) is 4.55. The standard InChI is InChI=1S/C19H24N2OS/c1-12(2)17-20-16(11-23-17)18(22)21-10-15-8-13(3)6-7-14(15)9-19(21,4)5/h6-8,11-12H,9-10H2,1-5H3. The van der Waals surface area contributed by atoms with Gasteiger partial charge in [-0.3, -0.25) is 4.79 Å². The van der Waals surface area contributed by atoms with Gasteiger partial charge in [-0.15, -0.1) is 11.3 Å². The van der Waals surface area contributed by atoms with Crippen LogP contribution in [0.2, 0.25) is 0 Å². The van der Waals surface area contributed by atoms with E-state index in [4.69, 9.17) is 0 Å². The number of aromatic nitrogens is 1. The number of fused-ring (bicyclic) bond motifs is 1.